The number of hydrogen-bond donors (Lipinski definition) is 1. The number of nitrogens with one attached hydrogen (secondary N) is 1. The smallest absolute Gasteiger partial charge is 0.254 e. The van der Waals surface area contributed by atoms with E-state index in [9.17, 15) is 4.79 Å². The van der Waals surface area contributed by atoms with Crippen molar-refractivity contribution in [2.45, 2.75) is 6.04 Å². The van der Waals surface area contributed by atoms with Gasteiger partial charge in [-0.15, -0.1) is 22.9 Å². The lowest BCUT2D eigenvalue weighted by atomic mass is 10.1. The highest BCUT2D eigenvalue weighted by molar-refractivity contribution is 7.20. The third kappa shape index (κ3) is 3.63. The Hall–Kier alpha value is -0.740. The fourth-order valence-electron chi connectivity index (χ4n) is 1.63. The second kappa shape index (κ2) is 6.62. The molecule has 0 aliphatic heterocycles. The molecule has 0 radical (unpaired) electrons. The molecule has 0 saturated heterocycles. The van der Waals surface area contributed by atoms with Crippen LogP contribution in [-0.2, 0) is 0 Å². The number of carbonyl (C=O) groups is 1. The number of amides is 1. The summed E-state index contributed by atoms with van der Waals surface area (Å²) in [5.41, 5.74) is 1.33. The number of hydrogen-bond acceptors (Lipinski definition) is 2. The van der Waals surface area contributed by atoms with Gasteiger partial charge in [-0.1, -0.05) is 53.5 Å². The molecule has 19 heavy (non-hydrogen) atoms. The van der Waals surface area contributed by atoms with E-state index in [4.69, 9.17) is 34.8 Å². The van der Waals surface area contributed by atoms with Crippen LogP contribution >= 0.6 is 46.1 Å². The van der Waals surface area contributed by atoms with Crippen molar-refractivity contribution in [3.63, 3.8) is 0 Å². The predicted molar refractivity (Wildman–Crippen MR) is 81.7 cm³/mol. The van der Waals surface area contributed by atoms with Crippen LogP contribution in [0.15, 0.2) is 36.4 Å². The molecule has 1 N–H and O–H groups in total. The van der Waals surface area contributed by atoms with Crippen LogP contribution < -0.4 is 5.32 Å². The highest BCUT2D eigenvalue weighted by Gasteiger charge is 2.18. The first-order valence-corrected chi connectivity index (χ1v) is 7.59. The molecule has 2 aromatic rings. The third-order valence-electron chi connectivity index (χ3n) is 2.56. The summed E-state index contributed by atoms with van der Waals surface area (Å²) in [6.45, 7) is 0. The van der Waals surface area contributed by atoms with E-state index in [0.29, 0.717) is 14.2 Å². The van der Waals surface area contributed by atoms with E-state index in [1.165, 1.54) is 11.3 Å². The zero-order valence-electron chi connectivity index (χ0n) is 9.70. The first-order chi connectivity index (χ1) is 9.11. The Morgan fingerprint density at radius 2 is 1.95 bits per heavy atom. The number of carbonyl (C=O) groups excluding carboxylic acids is 1. The van der Waals surface area contributed by atoms with E-state index < -0.39 is 0 Å². The van der Waals surface area contributed by atoms with Crippen molar-refractivity contribution in [1.82, 2.24) is 5.32 Å². The van der Waals surface area contributed by atoms with Crippen molar-refractivity contribution >= 4 is 52.0 Å². The van der Waals surface area contributed by atoms with Gasteiger partial charge in [0.2, 0.25) is 0 Å². The Bertz CT molecular complexity index is 571. The van der Waals surface area contributed by atoms with Crippen LogP contribution in [0.2, 0.25) is 8.67 Å². The Morgan fingerprint density at radius 3 is 2.47 bits per heavy atom. The summed E-state index contributed by atoms with van der Waals surface area (Å²) < 4.78 is 0.862. The molecule has 1 heterocycles. The Kier molecular flexibility index (Phi) is 5.11. The Balaban J connectivity index is 2.15. The Labute approximate surface area is 130 Å². The SMILES string of the molecule is O=C(NC(CCl)c1ccccc1)c1cc(Cl)sc1Cl. The maximum atomic E-state index is 12.1. The molecule has 0 aliphatic carbocycles. The van der Waals surface area contributed by atoms with Crippen LogP contribution in [0.5, 0.6) is 0 Å². The van der Waals surface area contributed by atoms with E-state index in [-0.39, 0.29) is 17.8 Å². The summed E-state index contributed by atoms with van der Waals surface area (Å²) >= 11 is 18.9. The monoisotopic (exact) mass is 333 g/mol. The van der Waals surface area contributed by atoms with Gasteiger partial charge >= 0.3 is 0 Å². The summed E-state index contributed by atoms with van der Waals surface area (Å²) in [5, 5.41) is 2.85. The van der Waals surface area contributed by atoms with Crippen LogP contribution in [0.25, 0.3) is 0 Å². The molecular formula is C13H10Cl3NOS. The second-order valence-corrected chi connectivity index (χ2v) is 6.42. The van der Waals surface area contributed by atoms with Crippen LogP contribution in [-0.4, -0.2) is 11.8 Å². The van der Waals surface area contributed by atoms with E-state index in [1.807, 2.05) is 30.3 Å². The minimum atomic E-state index is -0.275. The van der Waals surface area contributed by atoms with E-state index in [0.717, 1.165) is 5.56 Å². The quantitative estimate of drug-likeness (QED) is 0.802. The predicted octanol–water partition coefficient (Wildman–Crippen LogP) is 4.76. The molecule has 0 bridgehead atoms. The first kappa shape index (κ1) is 14.7. The van der Waals surface area contributed by atoms with Gasteiger partial charge in [-0.3, -0.25) is 4.79 Å². The van der Waals surface area contributed by atoms with Gasteiger partial charge in [0.05, 0.1) is 15.9 Å². The molecule has 100 valence electrons. The first-order valence-electron chi connectivity index (χ1n) is 5.48. The summed E-state index contributed by atoms with van der Waals surface area (Å²) in [6.07, 6.45) is 0. The average Bonchev–Trinajstić information content (AvgIpc) is 2.76. The maximum Gasteiger partial charge on any atom is 0.254 e. The normalized spacial score (nSPS) is 12.2. The molecule has 6 heteroatoms. The van der Waals surface area contributed by atoms with Gasteiger partial charge < -0.3 is 5.32 Å². The molecule has 2 nitrogen and oxygen atoms in total. The van der Waals surface area contributed by atoms with E-state index in [1.54, 1.807) is 6.07 Å². The number of thiophene rings is 1. The van der Waals surface area contributed by atoms with Crippen molar-refractivity contribution in [3.05, 3.63) is 56.2 Å². The summed E-state index contributed by atoms with van der Waals surface area (Å²) in [5.74, 6) is 0.00766. The zero-order chi connectivity index (χ0) is 13.8. The Morgan fingerprint density at radius 1 is 1.26 bits per heavy atom. The lowest BCUT2D eigenvalue weighted by Crippen LogP contribution is -2.29. The molecule has 0 saturated carbocycles. The molecule has 0 fully saturated rings. The van der Waals surface area contributed by atoms with Crippen molar-refractivity contribution in [1.29, 1.82) is 0 Å². The van der Waals surface area contributed by atoms with Crippen molar-refractivity contribution in [3.8, 4) is 0 Å². The minimum absolute atomic E-state index is 0.259. The van der Waals surface area contributed by atoms with Gasteiger partial charge in [0.15, 0.2) is 0 Å². The van der Waals surface area contributed by atoms with Gasteiger partial charge in [-0.05, 0) is 11.6 Å². The van der Waals surface area contributed by atoms with Crippen molar-refractivity contribution < 1.29 is 4.79 Å². The van der Waals surface area contributed by atoms with Crippen LogP contribution in [0.1, 0.15) is 22.0 Å². The molecule has 1 aromatic heterocycles. The number of rotatable bonds is 4. The summed E-state index contributed by atoms with van der Waals surface area (Å²) in [4.78, 5) is 12.1. The van der Waals surface area contributed by atoms with Gasteiger partial charge in [-0.2, -0.15) is 0 Å². The third-order valence-corrected chi connectivity index (χ3v) is 4.36. The summed E-state index contributed by atoms with van der Waals surface area (Å²) in [7, 11) is 0. The standard InChI is InChI=1S/C13H10Cl3NOS/c14-7-10(8-4-2-1-3-5-8)17-13(18)9-6-11(15)19-12(9)16/h1-6,10H,7H2,(H,17,18). The number of alkyl halides is 1. The van der Waals surface area contributed by atoms with Gasteiger partial charge in [-0.25, -0.2) is 0 Å². The van der Waals surface area contributed by atoms with Gasteiger partial charge in [0, 0.05) is 5.88 Å². The number of halogens is 3. The molecule has 1 aromatic carbocycles. The average molecular weight is 335 g/mol. The van der Waals surface area contributed by atoms with E-state index in [2.05, 4.69) is 5.32 Å². The maximum absolute atomic E-state index is 12.1. The topological polar surface area (TPSA) is 29.1 Å². The highest BCUT2D eigenvalue weighted by atomic mass is 35.5. The lowest BCUT2D eigenvalue weighted by molar-refractivity contribution is 0.0941. The largest absolute Gasteiger partial charge is 0.344 e. The molecule has 0 aliphatic rings. The number of benzene rings is 1. The van der Waals surface area contributed by atoms with Crippen LogP contribution in [0.4, 0.5) is 0 Å². The molecule has 1 atom stereocenters. The minimum Gasteiger partial charge on any atom is -0.344 e. The molecule has 1 amide bonds. The van der Waals surface area contributed by atoms with Crippen molar-refractivity contribution in [2.75, 3.05) is 5.88 Å². The molecule has 1 unspecified atom stereocenters. The second-order valence-electron chi connectivity index (χ2n) is 3.83. The van der Waals surface area contributed by atoms with Crippen LogP contribution in [0.3, 0.4) is 0 Å². The lowest BCUT2D eigenvalue weighted by Gasteiger charge is -2.16. The summed E-state index contributed by atoms with van der Waals surface area (Å²) in [6, 6.07) is 10.8. The fraction of sp³-hybridized carbons (Fsp3) is 0.154. The molecular weight excluding hydrogens is 325 g/mol. The molecule has 2 rings (SSSR count). The molecule has 0 spiro atoms. The highest BCUT2D eigenvalue weighted by Crippen LogP contribution is 2.31. The van der Waals surface area contributed by atoms with Gasteiger partial charge in [0.25, 0.3) is 5.91 Å². The van der Waals surface area contributed by atoms with Crippen molar-refractivity contribution in [2.24, 2.45) is 0 Å². The zero-order valence-corrected chi connectivity index (χ0v) is 12.8. The fourth-order valence-corrected chi connectivity index (χ4v) is 3.34. The van der Waals surface area contributed by atoms with Gasteiger partial charge in [0.1, 0.15) is 4.34 Å². The van der Waals surface area contributed by atoms with E-state index >= 15 is 0 Å². The van der Waals surface area contributed by atoms with Crippen LogP contribution in [0, 0.1) is 0 Å².